The lowest BCUT2D eigenvalue weighted by atomic mass is 9.95. The lowest BCUT2D eigenvalue weighted by Gasteiger charge is -2.12. The summed E-state index contributed by atoms with van der Waals surface area (Å²) in [5.74, 6) is 1.24. The van der Waals surface area contributed by atoms with Crippen LogP contribution in [-0.4, -0.2) is 24.8 Å². The first-order valence-electron chi connectivity index (χ1n) is 3.70. The van der Waals surface area contributed by atoms with Gasteiger partial charge in [0.1, 0.15) is 0 Å². The van der Waals surface area contributed by atoms with Crippen molar-refractivity contribution in [2.75, 3.05) is 19.7 Å². The normalized spacial score (nSPS) is 35.3. The average molecular weight is 129 g/mol. The zero-order valence-electron chi connectivity index (χ0n) is 5.93. The fourth-order valence-corrected chi connectivity index (χ4v) is 1.48. The van der Waals surface area contributed by atoms with Crippen LogP contribution in [0, 0.1) is 11.8 Å². The molecule has 2 N–H and O–H groups in total. The van der Waals surface area contributed by atoms with Crippen LogP contribution >= 0.6 is 0 Å². The predicted octanol–water partition coefficient (Wildman–Crippen LogP) is 0.224. The first-order chi connectivity index (χ1) is 4.38. The molecule has 1 fully saturated rings. The molecule has 0 spiro atoms. The van der Waals surface area contributed by atoms with Crippen molar-refractivity contribution in [2.24, 2.45) is 11.8 Å². The Balaban J connectivity index is 2.32. The number of nitrogens with one attached hydrogen (secondary N) is 1. The molecule has 0 aromatic rings. The van der Waals surface area contributed by atoms with Gasteiger partial charge in [0, 0.05) is 13.2 Å². The first kappa shape index (κ1) is 7.03. The van der Waals surface area contributed by atoms with Gasteiger partial charge >= 0.3 is 0 Å². The molecule has 0 aromatic carbocycles. The molecule has 2 heteroatoms. The van der Waals surface area contributed by atoms with Gasteiger partial charge in [-0.3, -0.25) is 0 Å². The zero-order chi connectivity index (χ0) is 6.69. The fraction of sp³-hybridized carbons (Fsp3) is 1.00. The van der Waals surface area contributed by atoms with Crippen LogP contribution in [0.3, 0.4) is 0 Å². The molecule has 54 valence electrons. The molecule has 0 unspecified atom stereocenters. The standard InChI is InChI=1S/C7H15NO/c1-2-6-3-8-4-7(6)5-9/h6-9H,2-5H2,1H3/t6-,7+/m0/s1. The van der Waals surface area contributed by atoms with E-state index in [9.17, 15) is 0 Å². The predicted molar refractivity (Wildman–Crippen MR) is 37.2 cm³/mol. The molecule has 0 saturated carbocycles. The highest BCUT2D eigenvalue weighted by Crippen LogP contribution is 2.18. The van der Waals surface area contributed by atoms with Gasteiger partial charge in [-0.15, -0.1) is 0 Å². The Labute approximate surface area is 56.3 Å². The summed E-state index contributed by atoms with van der Waals surface area (Å²) in [7, 11) is 0. The minimum absolute atomic E-state index is 0.353. The van der Waals surface area contributed by atoms with E-state index in [4.69, 9.17) is 5.11 Å². The molecule has 1 heterocycles. The van der Waals surface area contributed by atoms with Gasteiger partial charge in [-0.1, -0.05) is 13.3 Å². The highest BCUT2D eigenvalue weighted by atomic mass is 16.3. The lowest BCUT2D eigenvalue weighted by molar-refractivity contribution is 0.203. The van der Waals surface area contributed by atoms with Crippen molar-refractivity contribution < 1.29 is 5.11 Å². The summed E-state index contributed by atoms with van der Waals surface area (Å²) in [5.41, 5.74) is 0. The van der Waals surface area contributed by atoms with E-state index in [-0.39, 0.29) is 0 Å². The molecule has 1 aliphatic rings. The van der Waals surface area contributed by atoms with Crippen LogP contribution in [0.15, 0.2) is 0 Å². The van der Waals surface area contributed by atoms with Crippen molar-refractivity contribution in [1.29, 1.82) is 0 Å². The van der Waals surface area contributed by atoms with Crippen molar-refractivity contribution in [2.45, 2.75) is 13.3 Å². The van der Waals surface area contributed by atoms with E-state index in [1.165, 1.54) is 6.42 Å². The van der Waals surface area contributed by atoms with Crippen LogP contribution in [0.4, 0.5) is 0 Å². The van der Waals surface area contributed by atoms with E-state index < -0.39 is 0 Å². The minimum Gasteiger partial charge on any atom is -0.396 e. The topological polar surface area (TPSA) is 32.3 Å². The van der Waals surface area contributed by atoms with Crippen molar-refractivity contribution >= 4 is 0 Å². The molecule has 0 amide bonds. The van der Waals surface area contributed by atoms with Crippen LogP contribution < -0.4 is 5.32 Å². The summed E-state index contributed by atoms with van der Waals surface area (Å²) in [5, 5.41) is 12.1. The molecule has 0 aromatic heterocycles. The Morgan fingerprint density at radius 2 is 2.11 bits per heavy atom. The highest BCUT2D eigenvalue weighted by Gasteiger charge is 2.23. The van der Waals surface area contributed by atoms with Gasteiger partial charge in [0.05, 0.1) is 0 Å². The first-order valence-corrected chi connectivity index (χ1v) is 3.70. The second kappa shape index (κ2) is 3.18. The summed E-state index contributed by atoms with van der Waals surface area (Å²) >= 11 is 0. The Hall–Kier alpha value is -0.0800. The Morgan fingerprint density at radius 1 is 1.44 bits per heavy atom. The molecule has 9 heavy (non-hydrogen) atoms. The molecule has 2 nitrogen and oxygen atoms in total. The maximum atomic E-state index is 8.83. The van der Waals surface area contributed by atoms with E-state index in [1.54, 1.807) is 0 Å². The largest absolute Gasteiger partial charge is 0.396 e. The van der Waals surface area contributed by atoms with Gasteiger partial charge in [-0.25, -0.2) is 0 Å². The third kappa shape index (κ3) is 1.43. The molecule has 0 aliphatic carbocycles. The Bertz CT molecular complexity index is 75.0. The van der Waals surface area contributed by atoms with Crippen LogP contribution in [0.2, 0.25) is 0 Å². The Kier molecular flexibility index (Phi) is 2.49. The second-order valence-electron chi connectivity index (χ2n) is 2.77. The summed E-state index contributed by atoms with van der Waals surface area (Å²) in [6.07, 6.45) is 1.19. The number of aliphatic hydroxyl groups excluding tert-OH is 1. The van der Waals surface area contributed by atoms with Gasteiger partial charge in [0.15, 0.2) is 0 Å². The number of aliphatic hydroxyl groups is 1. The maximum Gasteiger partial charge on any atom is 0.0474 e. The SMILES string of the molecule is CC[C@H]1CNC[C@@H]1CO. The lowest BCUT2D eigenvalue weighted by Crippen LogP contribution is -2.15. The molecule has 1 rings (SSSR count). The maximum absolute atomic E-state index is 8.83. The molecule has 1 aliphatic heterocycles. The van der Waals surface area contributed by atoms with E-state index in [0.29, 0.717) is 12.5 Å². The zero-order valence-corrected chi connectivity index (χ0v) is 5.93. The van der Waals surface area contributed by atoms with Gasteiger partial charge in [-0.05, 0) is 18.4 Å². The highest BCUT2D eigenvalue weighted by molar-refractivity contribution is 4.78. The van der Waals surface area contributed by atoms with Gasteiger partial charge in [0.2, 0.25) is 0 Å². The number of hydrogen-bond acceptors (Lipinski definition) is 2. The molecular formula is C7H15NO. The van der Waals surface area contributed by atoms with Crippen molar-refractivity contribution in [3.8, 4) is 0 Å². The van der Waals surface area contributed by atoms with Crippen LogP contribution in [0.5, 0.6) is 0 Å². The minimum atomic E-state index is 0.353. The monoisotopic (exact) mass is 129 g/mol. The summed E-state index contributed by atoms with van der Waals surface area (Å²) in [6, 6.07) is 0. The summed E-state index contributed by atoms with van der Waals surface area (Å²) in [4.78, 5) is 0. The van der Waals surface area contributed by atoms with Crippen molar-refractivity contribution in [3.63, 3.8) is 0 Å². The number of hydrogen-bond donors (Lipinski definition) is 2. The quantitative estimate of drug-likeness (QED) is 0.559. The average Bonchev–Trinajstić information content (AvgIpc) is 2.33. The Morgan fingerprint density at radius 3 is 2.56 bits per heavy atom. The van der Waals surface area contributed by atoms with E-state index in [1.807, 2.05) is 0 Å². The van der Waals surface area contributed by atoms with Crippen molar-refractivity contribution in [3.05, 3.63) is 0 Å². The summed E-state index contributed by atoms with van der Waals surface area (Å²) in [6.45, 7) is 4.64. The van der Waals surface area contributed by atoms with Gasteiger partial charge < -0.3 is 10.4 Å². The van der Waals surface area contributed by atoms with Crippen molar-refractivity contribution in [1.82, 2.24) is 5.32 Å². The van der Waals surface area contributed by atoms with E-state index in [0.717, 1.165) is 19.0 Å². The molecule has 1 saturated heterocycles. The third-order valence-electron chi connectivity index (χ3n) is 2.24. The number of rotatable bonds is 2. The summed E-state index contributed by atoms with van der Waals surface area (Å²) < 4.78 is 0. The molecular weight excluding hydrogens is 114 g/mol. The molecule has 2 atom stereocenters. The molecule has 0 bridgehead atoms. The second-order valence-corrected chi connectivity index (χ2v) is 2.77. The smallest absolute Gasteiger partial charge is 0.0474 e. The third-order valence-corrected chi connectivity index (χ3v) is 2.24. The fourth-order valence-electron chi connectivity index (χ4n) is 1.48. The van der Waals surface area contributed by atoms with E-state index in [2.05, 4.69) is 12.2 Å². The van der Waals surface area contributed by atoms with Crippen LogP contribution in [-0.2, 0) is 0 Å². The van der Waals surface area contributed by atoms with E-state index >= 15 is 0 Å². The van der Waals surface area contributed by atoms with Gasteiger partial charge in [-0.2, -0.15) is 0 Å². The molecule has 0 radical (unpaired) electrons. The van der Waals surface area contributed by atoms with Crippen LogP contribution in [0.1, 0.15) is 13.3 Å². The van der Waals surface area contributed by atoms with Crippen LogP contribution in [0.25, 0.3) is 0 Å². The van der Waals surface area contributed by atoms with Gasteiger partial charge in [0.25, 0.3) is 0 Å².